The number of hydrogen-bond acceptors (Lipinski definition) is 12. The molecule has 12 amide bonds. The average Bonchev–Trinajstić information content (AvgIpc) is 1.54. The second-order valence-corrected chi connectivity index (χ2v) is 30.9. The lowest BCUT2D eigenvalue weighted by Crippen LogP contribution is -2.65. The van der Waals surface area contributed by atoms with Gasteiger partial charge in [-0.1, -0.05) is 91.9 Å². The van der Waals surface area contributed by atoms with Crippen LogP contribution in [-0.2, 0) is 57.5 Å². The first-order valence-electron chi connectivity index (χ1n) is 37.2. The minimum absolute atomic E-state index is 0.00219. The van der Waals surface area contributed by atoms with Crippen LogP contribution in [0.25, 0.3) is 0 Å². The summed E-state index contributed by atoms with van der Waals surface area (Å²) >= 11 is 0. The van der Waals surface area contributed by atoms with Crippen molar-refractivity contribution in [1.82, 2.24) is 60.0 Å². The predicted octanol–water partition coefficient (Wildman–Crippen LogP) is 5.82. The fourth-order valence-electron chi connectivity index (χ4n) is 16.7. The molecule has 0 bridgehead atoms. The van der Waals surface area contributed by atoms with Crippen molar-refractivity contribution in [2.45, 2.75) is 274 Å². The van der Waals surface area contributed by atoms with Crippen LogP contribution in [0.3, 0.4) is 0 Å². The third-order valence-electron chi connectivity index (χ3n) is 23.5. The lowest BCUT2D eigenvalue weighted by Gasteiger charge is -2.45. The molecule has 1 spiro atoms. The highest BCUT2D eigenvalue weighted by Crippen LogP contribution is 2.43. The fourth-order valence-corrected chi connectivity index (χ4v) is 16.7. The number of carbonyl (C=O) groups is 12. The van der Waals surface area contributed by atoms with E-state index in [-0.39, 0.29) is 89.3 Å². The molecule has 3 N–H and O–H groups in total. The monoisotopic (exact) mass is 1420 g/mol. The Bertz CT molecular complexity index is 2940. The third kappa shape index (κ3) is 18.8. The molecule has 24 nitrogen and oxygen atoms in total. The summed E-state index contributed by atoms with van der Waals surface area (Å²) in [7, 11) is 10.2. The minimum Gasteiger partial charge on any atom is -0.347 e. The van der Waals surface area contributed by atoms with E-state index in [1.54, 1.807) is 13.8 Å². The van der Waals surface area contributed by atoms with Crippen molar-refractivity contribution in [1.29, 1.82) is 0 Å². The second kappa shape index (κ2) is 35.0. The molecule has 100 heavy (non-hydrogen) atoms. The summed E-state index contributed by atoms with van der Waals surface area (Å²) in [6, 6.07) is -11.0. The van der Waals surface area contributed by atoms with Gasteiger partial charge >= 0.3 is 6.18 Å². The molecule has 0 aromatic heterocycles. The van der Waals surface area contributed by atoms with Gasteiger partial charge in [0.1, 0.15) is 66.1 Å². The van der Waals surface area contributed by atoms with Crippen LogP contribution in [-0.4, -0.2) is 263 Å². The number of likely N-dealkylation sites (N-methyl/N-ethyl adjacent to an activating group) is 7. The smallest absolute Gasteiger partial charge is 0.347 e. The van der Waals surface area contributed by atoms with Crippen LogP contribution in [0.15, 0.2) is 0 Å². The normalized spacial score (nSPS) is 31.0. The number of nitrogens with zero attached hydrogens (tertiary/aromatic N) is 9. The van der Waals surface area contributed by atoms with Crippen LogP contribution in [0.5, 0.6) is 0 Å². The number of hydrogen-bond donors (Lipinski definition) is 3. The zero-order valence-electron chi connectivity index (χ0n) is 61.7. The average molecular weight is 1420 g/mol. The van der Waals surface area contributed by atoms with Crippen molar-refractivity contribution in [2.24, 2.45) is 35.5 Å². The van der Waals surface area contributed by atoms with Crippen molar-refractivity contribution in [3.63, 3.8) is 0 Å². The van der Waals surface area contributed by atoms with E-state index >= 15 is 28.4 Å². The van der Waals surface area contributed by atoms with Crippen molar-refractivity contribution in [2.75, 3.05) is 75.5 Å². The van der Waals surface area contributed by atoms with Gasteiger partial charge in [0.15, 0.2) is 0 Å². The van der Waals surface area contributed by atoms with Crippen molar-refractivity contribution in [3.8, 4) is 0 Å². The number of halogens is 4. The molecular weight excluding hydrogens is 1300 g/mol. The van der Waals surface area contributed by atoms with E-state index in [0.717, 1.165) is 44.9 Å². The number of fused-ring (bicyclic) bond motifs is 2. The number of amides is 12. The van der Waals surface area contributed by atoms with Crippen LogP contribution in [0.2, 0.25) is 0 Å². The quantitative estimate of drug-likeness (QED) is 0.195. The molecule has 3 unspecified atom stereocenters. The van der Waals surface area contributed by atoms with E-state index in [1.807, 2.05) is 20.8 Å². The molecule has 3 aliphatic heterocycles. The number of alkyl halides is 4. The summed E-state index contributed by atoms with van der Waals surface area (Å²) < 4.78 is 57.0. The Balaban J connectivity index is 1.28. The molecule has 4 aliphatic carbocycles. The van der Waals surface area contributed by atoms with Crippen LogP contribution < -0.4 is 16.0 Å². The van der Waals surface area contributed by atoms with Gasteiger partial charge in [-0.3, -0.25) is 57.5 Å². The van der Waals surface area contributed by atoms with Crippen LogP contribution in [0, 0.1) is 35.5 Å². The summed E-state index contributed by atoms with van der Waals surface area (Å²) in [5.74, 6) is -11.4. The molecule has 3 saturated heterocycles. The number of rotatable bonds is 12. The third-order valence-corrected chi connectivity index (χ3v) is 23.5. The molecule has 4 saturated carbocycles. The Hall–Kier alpha value is -6.64. The molecule has 7 aliphatic rings. The Morgan fingerprint density at radius 3 is 1.82 bits per heavy atom. The summed E-state index contributed by atoms with van der Waals surface area (Å²) in [4.78, 5) is 192. The SMILES string of the molecule is CC[C@H](C)[C@@H]1NC(=O)[C@H](CC(C)C)N(C)C(=O)C[C@@H](C(=O)N(C)C)N(C)C(=O)[C@H](C2CCCC2)N(C)C(=O)C2(CCCC2)NC(=O)[C@@H]2CCCN2C(=O)[C@H](CCC2CCC(C(F)(F)F)C(F)C2)NC(=O)CN(CC)C(=O)[C@H](CC2CCCCC2)N(C)C(=O)[C@@H]2CCN2C(=O)[C@H](C)N(C)C1=O. The molecule has 28 heteroatoms. The highest BCUT2D eigenvalue weighted by molar-refractivity contribution is 6.01. The Labute approximate surface area is 589 Å². The molecule has 564 valence electrons. The van der Waals surface area contributed by atoms with Gasteiger partial charge in [-0.25, -0.2) is 4.39 Å². The highest BCUT2D eigenvalue weighted by Gasteiger charge is 2.53. The van der Waals surface area contributed by atoms with Gasteiger partial charge < -0.3 is 60.0 Å². The van der Waals surface area contributed by atoms with Crippen LogP contribution in [0.1, 0.15) is 202 Å². The van der Waals surface area contributed by atoms with Crippen molar-refractivity contribution >= 4 is 70.9 Å². The first-order valence-corrected chi connectivity index (χ1v) is 37.2. The maximum atomic E-state index is 15.6. The maximum Gasteiger partial charge on any atom is 0.394 e. The molecule has 7 fully saturated rings. The van der Waals surface area contributed by atoms with Gasteiger partial charge in [0.25, 0.3) is 0 Å². The maximum absolute atomic E-state index is 15.6. The Morgan fingerprint density at radius 2 is 1.25 bits per heavy atom. The molecule has 7 rings (SSSR count). The molecule has 3 heterocycles. The molecule has 0 aromatic rings. The Kier molecular flexibility index (Phi) is 28.3. The zero-order chi connectivity index (χ0) is 74.0. The van der Waals surface area contributed by atoms with Crippen LogP contribution in [0.4, 0.5) is 17.6 Å². The first kappa shape index (κ1) is 80.7. The van der Waals surface area contributed by atoms with Gasteiger partial charge in [0.2, 0.25) is 70.9 Å². The largest absolute Gasteiger partial charge is 0.394 e. The van der Waals surface area contributed by atoms with Crippen molar-refractivity contribution in [3.05, 3.63) is 0 Å². The molecule has 0 aromatic carbocycles. The van der Waals surface area contributed by atoms with Crippen molar-refractivity contribution < 1.29 is 75.1 Å². The van der Waals surface area contributed by atoms with E-state index < -0.39 is 193 Å². The fraction of sp³-hybridized carbons (Fsp3) is 0.833. The topological polar surface area (TPSA) is 270 Å². The van der Waals surface area contributed by atoms with E-state index in [4.69, 9.17) is 0 Å². The van der Waals surface area contributed by atoms with E-state index in [9.17, 15) is 46.7 Å². The second-order valence-electron chi connectivity index (χ2n) is 30.9. The minimum atomic E-state index is -4.75. The van der Waals surface area contributed by atoms with Gasteiger partial charge in [0.05, 0.1) is 18.9 Å². The van der Waals surface area contributed by atoms with E-state index in [2.05, 4.69) is 16.0 Å². The summed E-state index contributed by atoms with van der Waals surface area (Å²) in [6.45, 7) is 10.1. The van der Waals surface area contributed by atoms with Gasteiger partial charge in [-0.15, -0.1) is 0 Å². The lowest BCUT2D eigenvalue weighted by molar-refractivity contribution is -0.201. The van der Waals surface area contributed by atoms with Crippen LogP contribution >= 0.6 is 0 Å². The molecule has 13 atom stereocenters. The summed E-state index contributed by atoms with van der Waals surface area (Å²) in [6.07, 6.45) is 1.16. The van der Waals surface area contributed by atoms with E-state index in [0.29, 0.717) is 38.5 Å². The summed E-state index contributed by atoms with van der Waals surface area (Å²) in [5, 5.41) is 8.80. The van der Waals surface area contributed by atoms with E-state index in [1.165, 1.54) is 100 Å². The summed E-state index contributed by atoms with van der Waals surface area (Å²) in [5.41, 5.74) is -1.57. The number of nitrogens with one attached hydrogen (secondary N) is 3. The predicted molar refractivity (Wildman–Crippen MR) is 365 cm³/mol. The first-order chi connectivity index (χ1) is 47.1. The Morgan fingerprint density at radius 1 is 0.620 bits per heavy atom. The highest BCUT2D eigenvalue weighted by atomic mass is 19.4. The lowest BCUT2D eigenvalue weighted by atomic mass is 9.78. The van der Waals surface area contributed by atoms with Gasteiger partial charge in [0, 0.05) is 69.0 Å². The van der Waals surface area contributed by atoms with Gasteiger partial charge in [-0.05, 0) is 133 Å². The molecule has 0 radical (unpaired) electrons. The standard InChI is InChI=1S/C72H116F4N12O12/c1-14-44(5)59-68(98)81(9)45(6)63(93)88-37-33-53(88)66(96)83(11)55(40-46-24-17-16-18-25-46)67(97)86(15-2)42-57(89)77-51(32-30-47-29-31-49(50(73)39-47)72(74,75)76)64(94)87-36-23-28-52(87)62(92)79-71(34-21-22-35-71)70(100)85(13)60(48-26-19-20-27-48)69(99)84(12)56(65(95)80(7)8)41-58(90)82(10)54(38-43(3)4)61(91)78-59/h43-56,59-60H,14-42H2,1-13H3,(H,77,89)(H,78,91)(H,79,92)/t44-,45-,47?,49?,50?,51-,52-,53-,54-,55-,56-,59-,60-/m0/s1. The zero-order valence-corrected chi connectivity index (χ0v) is 61.7. The number of carbonyl (C=O) groups excluding carboxylic acids is 12. The van der Waals surface area contributed by atoms with Gasteiger partial charge in [-0.2, -0.15) is 13.2 Å². The molecular formula is C72H116F4N12O12.